The quantitative estimate of drug-likeness (QED) is 0.758. The topological polar surface area (TPSA) is 39.6 Å². The van der Waals surface area contributed by atoms with Crippen LogP contribution in [0.25, 0.3) is 10.9 Å². The van der Waals surface area contributed by atoms with Crippen LogP contribution in [0, 0.1) is 24.1 Å². The molecule has 76 valence electrons. The summed E-state index contributed by atoms with van der Waals surface area (Å²) in [4.78, 5) is 2.81. The van der Waals surface area contributed by atoms with Crippen molar-refractivity contribution in [2.75, 3.05) is 0 Å². The summed E-state index contributed by atoms with van der Waals surface area (Å²) in [6.07, 6.45) is 2.36. The van der Waals surface area contributed by atoms with Crippen LogP contribution in [0.4, 0.5) is 4.39 Å². The molecule has 1 aromatic carbocycles. The van der Waals surface area contributed by atoms with Crippen molar-refractivity contribution in [2.24, 2.45) is 0 Å². The monoisotopic (exact) mass is 202 g/mol. The van der Waals surface area contributed by atoms with Gasteiger partial charge in [0.2, 0.25) is 0 Å². The lowest BCUT2D eigenvalue weighted by atomic mass is 9.99. The van der Waals surface area contributed by atoms with Gasteiger partial charge >= 0.3 is 0 Å². The third-order valence-corrected chi connectivity index (χ3v) is 2.71. The second-order valence-corrected chi connectivity index (χ2v) is 3.57. The van der Waals surface area contributed by atoms with Crippen molar-refractivity contribution in [3.05, 3.63) is 34.8 Å². The van der Waals surface area contributed by atoms with E-state index in [0.29, 0.717) is 11.1 Å². The zero-order chi connectivity index (χ0) is 11.0. The minimum absolute atomic E-state index is 0.291. The van der Waals surface area contributed by atoms with Gasteiger partial charge in [0.15, 0.2) is 0 Å². The molecule has 0 fully saturated rings. The number of nitrogens with one attached hydrogen (secondary N) is 1. The molecule has 1 N–H and O–H groups in total. The molecule has 0 unspecified atom stereocenters. The maximum absolute atomic E-state index is 13.6. The molecule has 0 radical (unpaired) electrons. The van der Waals surface area contributed by atoms with Crippen LogP contribution in [0.2, 0.25) is 0 Å². The number of fused-ring (bicyclic) bond motifs is 1. The summed E-state index contributed by atoms with van der Waals surface area (Å²) >= 11 is 0. The predicted molar refractivity (Wildman–Crippen MR) is 57.1 cm³/mol. The van der Waals surface area contributed by atoms with E-state index >= 15 is 0 Å². The smallest absolute Gasteiger partial charge is 0.147 e. The number of halogens is 1. The molecule has 0 saturated carbocycles. The van der Waals surface area contributed by atoms with Crippen molar-refractivity contribution in [3.63, 3.8) is 0 Å². The average Bonchev–Trinajstić information content (AvgIpc) is 2.62. The second-order valence-electron chi connectivity index (χ2n) is 3.57. The zero-order valence-electron chi connectivity index (χ0n) is 8.69. The van der Waals surface area contributed by atoms with Gasteiger partial charge in [-0.15, -0.1) is 0 Å². The van der Waals surface area contributed by atoms with Crippen LogP contribution in [-0.2, 0) is 6.42 Å². The highest BCUT2D eigenvalue weighted by Crippen LogP contribution is 2.27. The minimum Gasteiger partial charge on any atom is -0.357 e. The molecule has 15 heavy (non-hydrogen) atoms. The van der Waals surface area contributed by atoms with Crippen molar-refractivity contribution in [2.45, 2.75) is 20.3 Å². The molecular weight excluding hydrogens is 191 g/mol. The largest absolute Gasteiger partial charge is 0.357 e. The van der Waals surface area contributed by atoms with Gasteiger partial charge in [0.25, 0.3) is 0 Å². The number of nitriles is 1. The highest BCUT2D eigenvalue weighted by molar-refractivity contribution is 5.90. The van der Waals surface area contributed by atoms with Crippen molar-refractivity contribution in [3.8, 4) is 6.07 Å². The SMILES string of the molecule is CCc1c(C)cc(F)c2[nH]cc(C#N)c12. The van der Waals surface area contributed by atoms with E-state index in [-0.39, 0.29) is 5.82 Å². The van der Waals surface area contributed by atoms with Gasteiger partial charge in [-0.3, -0.25) is 0 Å². The summed E-state index contributed by atoms with van der Waals surface area (Å²) in [5.41, 5.74) is 2.90. The first-order chi connectivity index (χ1) is 7.19. The van der Waals surface area contributed by atoms with Crippen LogP contribution in [0.1, 0.15) is 23.6 Å². The van der Waals surface area contributed by atoms with Crippen LogP contribution >= 0.6 is 0 Å². The van der Waals surface area contributed by atoms with E-state index in [1.807, 2.05) is 13.8 Å². The highest BCUT2D eigenvalue weighted by atomic mass is 19.1. The Labute approximate surface area is 87.3 Å². The Hall–Kier alpha value is -1.82. The third kappa shape index (κ3) is 1.30. The standard InChI is InChI=1S/C12H11FN2/c1-3-9-7(2)4-10(13)12-11(9)8(5-14)6-15-12/h4,6,15H,3H2,1-2H3. The second kappa shape index (κ2) is 3.39. The summed E-state index contributed by atoms with van der Waals surface area (Å²) in [5, 5.41) is 9.67. The first-order valence-corrected chi connectivity index (χ1v) is 4.88. The van der Waals surface area contributed by atoms with Crippen LogP contribution in [0.5, 0.6) is 0 Å². The summed E-state index contributed by atoms with van der Waals surface area (Å²) in [6, 6.07) is 3.59. The van der Waals surface area contributed by atoms with Crippen molar-refractivity contribution in [1.82, 2.24) is 4.98 Å². The summed E-state index contributed by atoms with van der Waals surface area (Å²) in [6.45, 7) is 3.88. The molecule has 0 spiro atoms. The maximum atomic E-state index is 13.6. The molecule has 0 aliphatic rings. The molecule has 0 atom stereocenters. The van der Waals surface area contributed by atoms with Gasteiger partial charge in [0.05, 0.1) is 11.1 Å². The Bertz CT molecular complexity index is 561. The molecule has 1 aromatic heterocycles. The number of aromatic nitrogens is 1. The van der Waals surface area contributed by atoms with Crippen LogP contribution in [-0.4, -0.2) is 4.98 Å². The van der Waals surface area contributed by atoms with E-state index in [2.05, 4.69) is 11.1 Å². The Morgan fingerprint density at radius 3 is 2.87 bits per heavy atom. The maximum Gasteiger partial charge on any atom is 0.147 e. The molecule has 0 amide bonds. The molecule has 2 nitrogen and oxygen atoms in total. The van der Waals surface area contributed by atoms with Crippen molar-refractivity contribution >= 4 is 10.9 Å². The fourth-order valence-corrected chi connectivity index (χ4v) is 2.02. The molecule has 0 aliphatic heterocycles. The minimum atomic E-state index is -0.291. The van der Waals surface area contributed by atoms with Crippen LogP contribution < -0.4 is 0 Å². The van der Waals surface area contributed by atoms with E-state index in [1.165, 1.54) is 6.07 Å². The van der Waals surface area contributed by atoms with Crippen molar-refractivity contribution in [1.29, 1.82) is 5.26 Å². The number of benzene rings is 1. The van der Waals surface area contributed by atoms with Gasteiger partial charge in [0, 0.05) is 11.6 Å². The number of aryl methyl sites for hydroxylation is 2. The van der Waals surface area contributed by atoms with Crippen LogP contribution in [0.15, 0.2) is 12.3 Å². The predicted octanol–water partition coefficient (Wildman–Crippen LogP) is 3.05. The molecule has 3 heteroatoms. The van der Waals surface area contributed by atoms with Gasteiger partial charge < -0.3 is 4.98 Å². The number of hydrogen-bond donors (Lipinski definition) is 1. The molecular formula is C12H11FN2. The lowest BCUT2D eigenvalue weighted by molar-refractivity contribution is 0.635. The Kier molecular flexibility index (Phi) is 2.20. The number of rotatable bonds is 1. The first-order valence-electron chi connectivity index (χ1n) is 4.88. The lowest BCUT2D eigenvalue weighted by Gasteiger charge is -2.06. The molecule has 0 aliphatic carbocycles. The third-order valence-electron chi connectivity index (χ3n) is 2.71. The summed E-state index contributed by atoms with van der Waals surface area (Å²) < 4.78 is 13.6. The van der Waals surface area contributed by atoms with Gasteiger partial charge in [-0.05, 0) is 30.5 Å². The van der Waals surface area contributed by atoms with Gasteiger partial charge in [-0.25, -0.2) is 4.39 Å². The van der Waals surface area contributed by atoms with E-state index < -0.39 is 0 Å². The summed E-state index contributed by atoms with van der Waals surface area (Å²) in [5.74, 6) is -0.291. The Morgan fingerprint density at radius 2 is 2.27 bits per heavy atom. The molecule has 0 bridgehead atoms. The fraction of sp³-hybridized carbons (Fsp3) is 0.250. The van der Waals surface area contributed by atoms with E-state index in [9.17, 15) is 4.39 Å². The Balaban J connectivity index is 2.97. The molecule has 2 rings (SSSR count). The van der Waals surface area contributed by atoms with Gasteiger partial charge in [-0.2, -0.15) is 5.26 Å². The first kappa shape index (κ1) is 9.72. The number of hydrogen-bond acceptors (Lipinski definition) is 1. The number of nitrogens with zero attached hydrogens (tertiary/aromatic N) is 1. The van der Waals surface area contributed by atoms with E-state index in [4.69, 9.17) is 5.26 Å². The molecule has 0 saturated heterocycles. The van der Waals surface area contributed by atoms with Crippen molar-refractivity contribution < 1.29 is 4.39 Å². The highest BCUT2D eigenvalue weighted by Gasteiger charge is 2.13. The molecule has 2 aromatic rings. The van der Waals surface area contributed by atoms with Gasteiger partial charge in [-0.1, -0.05) is 6.92 Å². The van der Waals surface area contributed by atoms with E-state index in [0.717, 1.165) is 22.9 Å². The van der Waals surface area contributed by atoms with Gasteiger partial charge in [0.1, 0.15) is 11.9 Å². The number of H-pyrrole nitrogens is 1. The fourth-order valence-electron chi connectivity index (χ4n) is 2.02. The summed E-state index contributed by atoms with van der Waals surface area (Å²) in [7, 11) is 0. The Morgan fingerprint density at radius 1 is 1.53 bits per heavy atom. The number of aromatic amines is 1. The van der Waals surface area contributed by atoms with E-state index in [1.54, 1.807) is 6.20 Å². The zero-order valence-corrected chi connectivity index (χ0v) is 8.69. The average molecular weight is 202 g/mol. The lowest BCUT2D eigenvalue weighted by Crippen LogP contribution is -1.92. The molecule has 1 heterocycles. The normalized spacial score (nSPS) is 10.5. The van der Waals surface area contributed by atoms with Crippen LogP contribution in [0.3, 0.4) is 0 Å².